The predicted molar refractivity (Wildman–Crippen MR) is 77.6 cm³/mol. The summed E-state index contributed by atoms with van der Waals surface area (Å²) in [6.07, 6.45) is 3.65. The van der Waals surface area contributed by atoms with E-state index in [9.17, 15) is 4.79 Å². The monoisotopic (exact) mass is 253 g/mol. The van der Waals surface area contributed by atoms with Crippen molar-refractivity contribution in [2.75, 3.05) is 0 Å². The Hall–Kier alpha value is -1.96. The van der Waals surface area contributed by atoms with Crippen molar-refractivity contribution in [2.24, 2.45) is 0 Å². The molecule has 0 aliphatic rings. The number of aromatic nitrogens is 1. The van der Waals surface area contributed by atoms with Gasteiger partial charge in [-0.05, 0) is 49.4 Å². The van der Waals surface area contributed by atoms with Gasteiger partial charge >= 0.3 is 0 Å². The van der Waals surface area contributed by atoms with Gasteiger partial charge in [0.05, 0.1) is 0 Å². The highest BCUT2D eigenvalue weighted by Gasteiger charge is 2.05. The maximum absolute atomic E-state index is 11.1. The van der Waals surface area contributed by atoms with Gasteiger partial charge in [-0.3, -0.25) is 9.78 Å². The molecule has 0 bridgehead atoms. The Bertz CT molecular complexity index is 575. The summed E-state index contributed by atoms with van der Waals surface area (Å²) in [5.74, 6) is 0. The van der Waals surface area contributed by atoms with E-state index in [0.717, 1.165) is 53.6 Å². The standard InChI is InChI=1S/C17H19NO/c1-3-15-8-5-9-16(18-15)11-10-14-7-4-6-13(2)17(14)12-19/h4-9,12H,3,10-11H2,1-2H3. The summed E-state index contributed by atoms with van der Waals surface area (Å²) in [6.45, 7) is 4.08. The van der Waals surface area contributed by atoms with Crippen LogP contribution < -0.4 is 0 Å². The molecule has 2 nitrogen and oxygen atoms in total. The first-order valence-corrected chi connectivity index (χ1v) is 6.73. The smallest absolute Gasteiger partial charge is 0.150 e. The molecule has 0 saturated heterocycles. The minimum absolute atomic E-state index is 0.828. The van der Waals surface area contributed by atoms with Crippen molar-refractivity contribution in [3.63, 3.8) is 0 Å². The number of nitrogens with zero attached hydrogens (tertiary/aromatic N) is 1. The fourth-order valence-electron chi connectivity index (χ4n) is 2.26. The van der Waals surface area contributed by atoms with E-state index < -0.39 is 0 Å². The molecule has 0 aliphatic heterocycles. The number of carbonyl (C=O) groups is 1. The molecule has 0 amide bonds. The summed E-state index contributed by atoms with van der Waals surface area (Å²) in [4.78, 5) is 15.7. The van der Waals surface area contributed by atoms with Crippen LogP contribution in [-0.2, 0) is 19.3 Å². The zero-order valence-corrected chi connectivity index (χ0v) is 11.5. The lowest BCUT2D eigenvalue weighted by Gasteiger charge is -2.08. The fourth-order valence-corrected chi connectivity index (χ4v) is 2.26. The van der Waals surface area contributed by atoms with Crippen molar-refractivity contribution in [3.8, 4) is 0 Å². The molecule has 0 aliphatic carbocycles. The lowest BCUT2D eigenvalue weighted by atomic mass is 9.98. The maximum atomic E-state index is 11.1. The van der Waals surface area contributed by atoms with Gasteiger partial charge in [0.25, 0.3) is 0 Å². The molecule has 0 unspecified atom stereocenters. The average Bonchev–Trinajstić information content (AvgIpc) is 2.45. The van der Waals surface area contributed by atoms with E-state index in [4.69, 9.17) is 0 Å². The second kappa shape index (κ2) is 6.28. The van der Waals surface area contributed by atoms with E-state index >= 15 is 0 Å². The van der Waals surface area contributed by atoms with E-state index in [1.54, 1.807) is 0 Å². The molecule has 1 aromatic carbocycles. The van der Waals surface area contributed by atoms with Crippen LogP contribution >= 0.6 is 0 Å². The van der Waals surface area contributed by atoms with Crippen molar-refractivity contribution in [3.05, 3.63) is 64.5 Å². The van der Waals surface area contributed by atoms with Crippen molar-refractivity contribution in [2.45, 2.75) is 33.1 Å². The van der Waals surface area contributed by atoms with Crippen LogP contribution in [0.25, 0.3) is 0 Å². The molecule has 2 aromatic rings. The highest BCUT2D eigenvalue weighted by atomic mass is 16.1. The predicted octanol–water partition coefficient (Wildman–Crippen LogP) is 3.55. The molecule has 2 heteroatoms. The number of aldehydes is 1. The van der Waals surface area contributed by atoms with Crippen LogP contribution in [0.2, 0.25) is 0 Å². The Morgan fingerprint density at radius 2 is 1.79 bits per heavy atom. The third-order valence-electron chi connectivity index (χ3n) is 3.41. The SMILES string of the molecule is CCc1cccc(CCc2cccc(C)c2C=O)n1. The second-order valence-corrected chi connectivity index (χ2v) is 4.74. The molecular weight excluding hydrogens is 234 g/mol. The Labute approximate surface area is 114 Å². The largest absolute Gasteiger partial charge is 0.298 e. The minimum Gasteiger partial charge on any atom is -0.298 e. The fraction of sp³-hybridized carbons (Fsp3) is 0.294. The summed E-state index contributed by atoms with van der Waals surface area (Å²) < 4.78 is 0. The van der Waals surface area contributed by atoms with Crippen molar-refractivity contribution in [1.29, 1.82) is 0 Å². The lowest BCUT2D eigenvalue weighted by molar-refractivity contribution is 0.112. The highest BCUT2D eigenvalue weighted by molar-refractivity contribution is 5.79. The van der Waals surface area contributed by atoms with Gasteiger partial charge in [-0.15, -0.1) is 0 Å². The van der Waals surface area contributed by atoms with Crippen LogP contribution in [0.15, 0.2) is 36.4 Å². The molecule has 0 radical (unpaired) electrons. The highest BCUT2D eigenvalue weighted by Crippen LogP contribution is 2.14. The average molecular weight is 253 g/mol. The maximum Gasteiger partial charge on any atom is 0.150 e. The zero-order valence-electron chi connectivity index (χ0n) is 11.5. The van der Waals surface area contributed by atoms with Crippen molar-refractivity contribution < 1.29 is 4.79 Å². The quantitative estimate of drug-likeness (QED) is 0.763. The molecular formula is C17H19NO. The molecule has 0 atom stereocenters. The molecule has 0 fully saturated rings. The number of rotatable bonds is 5. The Kier molecular flexibility index (Phi) is 4.45. The van der Waals surface area contributed by atoms with Gasteiger partial charge in [-0.2, -0.15) is 0 Å². The van der Waals surface area contributed by atoms with Crippen LogP contribution in [0, 0.1) is 6.92 Å². The Balaban J connectivity index is 2.14. The first-order chi connectivity index (χ1) is 9.24. The van der Waals surface area contributed by atoms with Crippen LogP contribution in [0.4, 0.5) is 0 Å². The van der Waals surface area contributed by atoms with Crippen LogP contribution in [0.3, 0.4) is 0 Å². The molecule has 19 heavy (non-hydrogen) atoms. The summed E-state index contributed by atoms with van der Waals surface area (Å²) in [5, 5.41) is 0. The molecule has 1 heterocycles. The van der Waals surface area contributed by atoms with Crippen molar-refractivity contribution in [1.82, 2.24) is 4.98 Å². The third kappa shape index (κ3) is 3.28. The summed E-state index contributed by atoms with van der Waals surface area (Å²) in [7, 11) is 0. The molecule has 0 spiro atoms. The van der Waals surface area contributed by atoms with Gasteiger partial charge in [0.2, 0.25) is 0 Å². The van der Waals surface area contributed by atoms with Gasteiger partial charge in [0, 0.05) is 17.0 Å². The third-order valence-corrected chi connectivity index (χ3v) is 3.41. The summed E-state index contributed by atoms with van der Waals surface area (Å²) in [6, 6.07) is 12.2. The van der Waals surface area contributed by atoms with Gasteiger partial charge in [-0.1, -0.05) is 31.2 Å². The van der Waals surface area contributed by atoms with Crippen LogP contribution in [0.1, 0.15) is 39.8 Å². The van der Waals surface area contributed by atoms with Gasteiger partial charge in [-0.25, -0.2) is 0 Å². The minimum atomic E-state index is 0.828. The number of carbonyl (C=O) groups excluding carboxylic acids is 1. The molecule has 2 rings (SSSR count). The summed E-state index contributed by atoms with van der Waals surface area (Å²) in [5.41, 5.74) is 5.20. The Morgan fingerprint density at radius 3 is 2.53 bits per heavy atom. The van der Waals surface area contributed by atoms with E-state index in [1.165, 1.54) is 0 Å². The number of hydrogen-bond donors (Lipinski definition) is 0. The molecule has 1 aromatic heterocycles. The molecule has 0 saturated carbocycles. The first-order valence-electron chi connectivity index (χ1n) is 6.73. The number of pyridine rings is 1. The van der Waals surface area contributed by atoms with Crippen LogP contribution in [0.5, 0.6) is 0 Å². The van der Waals surface area contributed by atoms with E-state index in [2.05, 4.69) is 24.0 Å². The topological polar surface area (TPSA) is 30.0 Å². The number of hydrogen-bond acceptors (Lipinski definition) is 2. The summed E-state index contributed by atoms with van der Waals surface area (Å²) >= 11 is 0. The lowest BCUT2D eigenvalue weighted by Crippen LogP contribution is -2.01. The van der Waals surface area contributed by atoms with Gasteiger partial charge < -0.3 is 0 Å². The molecule has 98 valence electrons. The first kappa shape index (κ1) is 13.5. The number of aryl methyl sites for hydroxylation is 4. The van der Waals surface area contributed by atoms with E-state index in [0.29, 0.717) is 0 Å². The van der Waals surface area contributed by atoms with Gasteiger partial charge in [0.15, 0.2) is 6.29 Å². The zero-order chi connectivity index (χ0) is 13.7. The molecule has 0 N–H and O–H groups in total. The number of benzene rings is 1. The van der Waals surface area contributed by atoms with Crippen molar-refractivity contribution >= 4 is 6.29 Å². The second-order valence-electron chi connectivity index (χ2n) is 4.74. The van der Waals surface area contributed by atoms with E-state index in [-0.39, 0.29) is 0 Å². The normalized spacial score (nSPS) is 10.4. The van der Waals surface area contributed by atoms with E-state index in [1.807, 2.05) is 31.2 Å². The van der Waals surface area contributed by atoms with Crippen LogP contribution in [-0.4, -0.2) is 11.3 Å². The Morgan fingerprint density at radius 1 is 1.05 bits per heavy atom. The van der Waals surface area contributed by atoms with Gasteiger partial charge in [0.1, 0.15) is 0 Å².